The molecule has 1 atom stereocenters. The molecule has 1 aromatic rings. The highest BCUT2D eigenvalue weighted by Crippen LogP contribution is 2.45. The summed E-state index contributed by atoms with van der Waals surface area (Å²) in [6, 6.07) is 5.48. The molecule has 1 rings (SSSR count). The zero-order chi connectivity index (χ0) is 13.6. The Hall–Kier alpha value is -1.25. The van der Waals surface area contributed by atoms with Gasteiger partial charge >= 0.3 is 7.82 Å². The number of aryl methyl sites for hydroxylation is 1. The minimum absolute atomic E-state index is 0.409. The summed E-state index contributed by atoms with van der Waals surface area (Å²) < 4.78 is 21.4. The van der Waals surface area contributed by atoms with Crippen molar-refractivity contribution in [1.82, 2.24) is 0 Å². The average molecular weight is 270 g/mol. The average Bonchev–Trinajstić information content (AvgIpc) is 2.35. The predicted molar refractivity (Wildman–Crippen MR) is 71.6 cm³/mol. The van der Waals surface area contributed by atoms with Crippen molar-refractivity contribution in [3.05, 3.63) is 41.7 Å². The summed E-state index contributed by atoms with van der Waals surface area (Å²) in [5.74, 6) is 0.409. The summed E-state index contributed by atoms with van der Waals surface area (Å²) in [5.41, 5.74) is 2.05. The molecule has 0 radical (unpaired) electrons. The van der Waals surface area contributed by atoms with Crippen molar-refractivity contribution < 1.29 is 18.5 Å². The van der Waals surface area contributed by atoms with Crippen LogP contribution in [0.5, 0.6) is 5.75 Å². The second-order valence-electron chi connectivity index (χ2n) is 3.74. The molecule has 100 valence electrons. The minimum atomic E-state index is -4.09. The van der Waals surface area contributed by atoms with E-state index in [9.17, 15) is 9.46 Å². The van der Waals surface area contributed by atoms with E-state index >= 15 is 0 Å². The first-order valence-corrected chi connectivity index (χ1v) is 7.46. The number of rotatable bonds is 6. The van der Waals surface area contributed by atoms with Crippen LogP contribution in [0.4, 0.5) is 0 Å². The van der Waals surface area contributed by atoms with Crippen LogP contribution in [0.3, 0.4) is 0 Å². The molecule has 0 bridgehead atoms. The number of benzene rings is 1. The fourth-order valence-corrected chi connectivity index (χ4v) is 2.45. The smallest absolute Gasteiger partial charge is 0.404 e. The number of allylic oxidation sites excluding steroid dienone is 1. The van der Waals surface area contributed by atoms with Gasteiger partial charge in [0.1, 0.15) is 5.75 Å². The molecule has 0 spiro atoms. The van der Waals surface area contributed by atoms with Crippen LogP contribution < -0.4 is 4.52 Å². The number of hydrogen-bond acceptors (Lipinski definition) is 3. The van der Waals surface area contributed by atoms with Crippen LogP contribution in [-0.4, -0.2) is 4.89 Å². The molecule has 18 heavy (non-hydrogen) atoms. The van der Waals surface area contributed by atoms with Crippen molar-refractivity contribution in [2.75, 3.05) is 0 Å². The third kappa shape index (κ3) is 3.90. The molecule has 0 saturated heterocycles. The highest BCUT2D eigenvalue weighted by molar-refractivity contribution is 7.47. The van der Waals surface area contributed by atoms with E-state index in [1.54, 1.807) is 13.0 Å². The van der Waals surface area contributed by atoms with Crippen molar-refractivity contribution in [2.45, 2.75) is 33.6 Å². The molecule has 5 heteroatoms. The lowest BCUT2D eigenvalue weighted by Crippen LogP contribution is -1.99. The van der Waals surface area contributed by atoms with E-state index in [1.165, 1.54) is 6.08 Å². The van der Waals surface area contributed by atoms with Crippen molar-refractivity contribution in [3.8, 4) is 5.75 Å². The lowest BCUT2D eigenvalue weighted by Gasteiger charge is -2.16. The van der Waals surface area contributed by atoms with E-state index in [0.29, 0.717) is 5.75 Å². The fraction of sp³-hybridized carbons (Fsp3) is 0.385. The monoisotopic (exact) mass is 270 g/mol. The normalized spacial score (nSPS) is 14.4. The van der Waals surface area contributed by atoms with Gasteiger partial charge in [-0.05, 0) is 37.0 Å². The Kier molecular flexibility index (Phi) is 5.45. The molecule has 0 fully saturated rings. The van der Waals surface area contributed by atoms with Crippen molar-refractivity contribution in [1.29, 1.82) is 0 Å². The summed E-state index contributed by atoms with van der Waals surface area (Å²) >= 11 is 0. The van der Waals surface area contributed by atoms with Crippen LogP contribution >= 0.6 is 7.82 Å². The summed E-state index contributed by atoms with van der Waals surface area (Å²) in [5, 5.41) is 0. The highest BCUT2D eigenvalue weighted by atomic mass is 31.2. The van der Waals surface area contributed by atoms with Gasteiger partial charge < -0.3 is 9.05 Å². The Bertz CT molecular complexity index is 468. The Labute approximate surface area is 108 Å². The van der Waals surface area contributed by atoms with Crippen molar-refractivity contribution >= 4 is 7.82 Å². The molecule has 1 aromatic carbocycles. The van der Waals surface area contributed by atoms with Gasteiger partial charge in [0.2, 0.25) is 0 Å². The van der Waals surface area contributed by atoms with E-state index in [0.717, 1.165) is 30.2 Å². The minimum Gasteiger partial charge on any atom is -0.404 e. The predicted octanol–water partition coefficient (Wildman–Crippen LogP) is 3.84. The third-order valence-corrected chi connectivity index (χ3v) is 3.32. The number of hydrogen-bond donors (Lipinski definition) is 1. The molecule has 4 nitrogen and oxygen atoms in total. The molecular weight excluding hydrogens is 251 g/mol. The SMILES string of the molecule is CC=COP(=O)(O)Oc1cccc(CC)c1CC. The first-order chi connectivity index (χ1) is 8.54. The summed E-state index contributed by atoms with van der Waals surface area (Å²) in [6.45, 7) is 5.71. The van der Waals surface area contributed by atoms with E-state index in [1.807, 2.05) is 26.0 Å². The Morgan fingerprint density at radius 2 is 2.06 bits per heavy atom. The lowest BCUT2D eigenvalue weighted by molar-refractivity contribution is 0.265. The van der Waals surface area contributed by atoms with E-state index in [-0.39, 0.29) is 0 Å². The van der Waals surface area contributed by atoms with Crippen LogP contribution in [0, 0.1) is 0 Å². The molecule has 0 heterocycles. The molecule has 0 aromatic heterocycles. The van der Waals surface area contributed by atoms with Gasteiger partial charge in [0.15, 0.2) is 0 Å². The second kappa shape index (κ2) is 6.62. The molecule has 0 aliphatic rings. The molecule has 0 amide bonds. The topological polar surface area (TPSA) is 55.8 Å². The Morgan fingerprint density at radius 1 is 1.33 bits per heavy atom. The van der Waals surface area contributed by atoms with E-state index in [2.05, 4.69) is 4.52 Å². The largest absolute Gasteiger partial charge is 0.584 e. The van der Waals surface area contributed by atoms with Gasteiger partial charge in [-0.25, -0.2) is 4.57 Å². The maximum Gasteiger partial charge on any atom is 0.584 e. The summed E-state index contributed by atoms with van der Waals surface area (Å²) in [6.07, 6.45) is 4.26. The first-order valence-electron chi connectivity index (χ1n) is 5.96. The highest BCUT2D eigenvalue weighted by Gasteiger charge is 2.24. The van der Waals surface area contributed by atoms with Gasteiger partial charge in [0, 0.05) is 0 Å². The van der Waals surface area contributed by atoms with Gasteiger partial charge in [-0.1, -0.05) is 32.1 Å². The molecule has 0 saturated carbocycles. The summed E-state index contributed by atoms with van der Waals surface area (Å²) in [4.78, 5) is 9.54. The van der Waals surface area contributed by atoms with E-state index in [4.69, 9.17) is 4.52 Å². The Morgan fingerprint density at radius 3 is 2.61 bits per heavy atom. The number of phosphoric ester groups is 1. The quantitative estimate of drug-likeness (QED) is 0.630. The van der Waals surface area contributed by atoms with E-state index < -0.39 is 7.82 Å². The van der Waals surface area contributed by atoms with Crippen LogP contribution in [0.2, 0.25) is 0 Å². The molecule has 1 N–H and O–H groups in total. The van der Waals surface area contributed by atoms with Gasteiger partial charge in [-0.3, -0.25) is 4.89 Å². The van der Waals surface area contributed by atoms with Gasteiger partial charge in [0.05, 0.1) is 6.26 Å². The van der Waals surface area contributed by atoms with Crippen LogP contribution in [-0.2, 0) is 21.9 Å². The second-order valence-corrected chi connectivity index (χ2v) is 5.07. The molecular formula is C13H19O4P. The van der Waals surface area contributed by atoms with Crippen molar-refractivity contribution in [3.63, 3.8) is 0 Å². The van der Waals surface area contributed by atoms with Gasteiger partial charge in [0.25, 0.3) is 0 Å². The third-order valence-electron chi connectivity index (χ3n) is 2.51. The maximum atomic E-state index is 11.7. The summed E-state index contributed by atoms with van der Waals surface area (Å²) in [7, 11) is -4.09. The van der Waals surface area contributed by atoms with Crippen LogP contribution in [0.1, 0.15) is 31.9 Å². The fourth-order valence-electron chi connectivity index (χ4n) is 1.71. The van der Waals surface area contributed by atoms with Crippen LogP contribution in [0.25, 0.3) is 0 Å². The van der Waals surface area contributed by atoms with Crippen LogP contribution in [0.15, 0.2) is 30.5 Å². The Balaban J connectivity index is 3.00. The zero-order valence-corrected chi connectivity index (χ0v) is 11.8. The number of phosphoric acid groups is 1. The maximum absolute atomic E-state index is 11.7. The molecule has 0 aliphatic carbocycles. The first kappa shape index (κ1) is 14.8. The zero-order valence-electron chi connectivity index (χ0n) is 10.9. The van der Waals surface area contributed by atoms with Crippen molar-refractivity contribution in [2.24, 2.45) is 0 Å². The molecule has 0 aliphatic heterocycles. The van der Waals surface area contributed by atoms with Gasteiger partial charge in [-0.2, -0.15) is 0 Å². The molecule has 1 unspecified atom stereocenters. The van der Waals surface area contributed by atoms with Gasteiger partial charge in [-0.15, -0.1) is 0 Å². The lowest BCUT2D eigenvalue weighted by atomic mass is 10.0. The standard InChI is InChI=1S/C13H19O4P/c1-4-10-16-18(14,15)17-13-9-7-8-11(5-2)12(13)6-3/h4,7-10H,5-6H2,1-3H3,(H,14,15).